The SMILES string of the molecule is CCOc1ccc(NC(=O)CN2CCNCC2c2cccnc2)c([N+](=O)[O-])c1. The molecule has 1 aliphatic rings. The average Bonchev–Trinajstić information content (AvgIpc) is 2.70. The second-order valence-electron chi connectivity index (χ2n) is 6.39. The Morgan fingerprint density at radius 3 is 3.04 bits per heavy atom. The number of nitro groups is 1. The number of nitrogens with one attached hydrogen (secondary N) is 2. The minimum atomic E-state index is -0.526. The first-order chi connectivity index (χ1) is 13.6. The molecule has 1 saturated heterocycles. The highest BCUT2D eigenvalue weighted by atomic mass is 16.6. The van der Waals surface area contributed by atoms with Crippen molar-refractivity contribution in [3.8, 4) is 5.75 Å². The molecule has 28 heavy (non-hydrogen) atoms. The van der Waals surface area contributed by atoms with E-state index in [4.69, 9.17) is 4.74 Å². The second kappa shape index (κ2) is 9.25. The number of pyridine rings is 1. The Balaban J connectivity index is 1.71. The van der Waals surface area contributed by atoms with Crippen LogP contribution in [0.5, 0.6) is 5.75 Å². The zero-order chi connectivity index (χ0) is 19.9. The molecule has 0 radical (unpaired) electrons. The molecule has 1 amide bonds. The van der Waals surface area contributed by atoms with Gasteiger partial charge in [0.1, 0.15) is 11.4 Å². The van der Waals surface area contributed by atoms with Gasteiger partial charge < -0.3 is 15.4 Å². The number of ether oxygens (including phenoxy) is 1. The van der Waals surface area contributed by atoms with Crippen LogP contribution in [0.2, 0.25) is 0 Å². The molecule has 3 rings (SSSR count). The third-order valence-corrected chi connectivity index (χ3v) is 4.52. The van der Waals surface area contributed by atoms with Crippen molar-refractivity contribution in [1.29, 1.82) is 0 Å². The highest BCUT2D eigenvalue weighted by molar-refractivity contribution is 5.94. The topological polar surface area (TPSA) is 110 Å². The Morgan fingerprint density at radius 2 is 2.32 bits per heavy atom. The lowest BCUT2D eigenvalue weighted by molar-refractivity contribution is -0.384. The van der Waals surface area contributed by atoms with Crippen LogP contribution < -0.4 is 15.4 Å². The van der Waals surface area contributed by atoms with E-state index in [-0.39, 0.29) is 29.9 Å². The van der Waals surface area contributed by atoms with E-state index < -0.39 is 4.92 Å². The first-order valence-electron chi connectivity index (χ1n) is 9.14. The predicted octanol–water partition coefficient (Wildman–Crippen LogP) is 1.97. The summed E-state index contributed by atoms with van der Waals surface area (Å²) in [5.41, 5.74) is 0.990. The molecule has 1 fully saturated rings. The van der Waals surface area contributed by atoms with Gasteiger partial charge in [-0.1, -0.05) is 6.07 Å². The van der Waals surface area contributed by atoms with Crippen molar-refractivity contribution in [2.45, 2.75) is 13.0 Å². The van der Waals surface area contributed by atoms with E-state index in [0.717, 1.165) is 12.1 Å². The number of amides is 1. The van der Waals surface area contributed by atoms with Crippen LogP contribution in [0.15, 0.2) is 42.7 Å². The summed E-state index contributed by atoms with van der Waals surface area (Å²) in [5, 5.41) is 17.4. The van der Waals surface area contributed by atoms with Crippen molar-refractivity contribution in [1.82, 2.24) is 15.2 Å². The number of aromatic nitrogens is 1. The summed E-state index contributed by atoms with van der Waals surface area (Å²) in [7, 11) is 0. The molecule has 148 valence electrons. The van der Waals surface area contributed by atoms with E-state index in [1.807, 2.05) is 17.0 Å². The molecule has 1 atom stereocenters. The van der Waals surface area contributed by atoms with Gasteiger partial charge in [-0.15, -0.1) is 0 Å². The lowest BCUT2D eigenvalue weighted by Gasteiger charge is -2.35. The summed E-state index contributed by atoms with van der Waals surface area (Å²) in [6.45, 7) is 4.51. The second-order valence-corrected chi connectivity index (χ2v) is 6.39. The van der Waals surface area contributed by atoms with Gasteiger partial charge >= 0.3 is 0 Å². The van der Waals surface area contributed by atoms with Gasteiger partial charge in [0.25, 0.3) is 5.69 Å². The fraction of sp³-hybridized carbons (Fsp3) is 0.368. The van der Waals surface area contributed by atoms with Crippen LogP contribution in [0, 0.1) is 10.1 Å². The standard InChI is InChI=1S/C19H23N5O4/c1-2-28-15-5-6-16(17(10-15)24(26)27)22-19(25)13-23-9-8-21-12-18(23)14-4-3-7-20-11-14/h3-7,10-11,18,21H,2,8-9,12-13H2,1H3,(H,22,25). The number of hydrogen-bond donors (Lipinski definition) is 2. The number of nitro benzene ring substituents is 1. The van der Waals surface area contributed by atoms with E-state index in [0.29, 0.717) is 25.4 Å². The van der Waals surface area contributed by atoms with Gasteiger partial charge in [-0.3, -0.25) is 24.8 Å². The van der Waals surface area contributed by atoms with Gasteiger partial charge in [0, 0.05) is 38.1 Å². The normalized spacial score (nSPS) is 17.1. The number of anilines is 1. The van der Waals surface area contributed by atoms with Crippen molar-refractivity contribution in [2.24, 2.45) is 0 Å². The van der Waals surface area contributed by atoms with Gasteiger partial charge in [-0.25, -0.2) is 0 Å². The molecule has 2 aromatic rings. The van der Waals surface area contributed by atoms with E-state index in [1.54, 1.807) is 25.4 Å². The lowest BCUT2D eigenvalue weighted by Crippen LogP contribution is -2.48. The Morgan fingerprint density at radius 1 is 1.46 bits per heavy atom. The van der Waals surface area contributed by atoms with Crippen LogP contribution in [0.4, 0.5) is 11.4 Å². The van der Waals surface area contributed by atoms with E-state index in [1.165, 1.54) is 12.1 Å². The number of nitrogens with zero attached hydrogens (tertiary/aromatic N) is 3. The van der Waals surface area contributed by atoms with Gasteiger partial charge in [0.05, 0.1) is 24.1 Å². The van der Waals surface area contributed by atoms with Gasteiger partial charge in [-0.2, -0.15) is 0 Å². The summed E-state index contributed by atoms with van der Waals surface area (Å²) in [5.74, 6) is 0.0917. The highest BCUT2D eigenvalue weighted by Crippen LogP contribution is 2.29. The van der Waals surface area contributed by atoms with Gasteiger partial charge in [0.15, 0.2) is 0 Å². The first-order valence-corrected chi connectivity index (χ1v) is 9.14. The third kappa shape index (κ3) is 4.81. The minimum Gasteiger partial charge on any atom is -0.494 e. The highest BCUT2D eigenvalue weighted by Gasteiger charge is 2.26. The van der Waals surface area contributed by atoms with Crippen LogP contribution in [0.3, 0.4) is 0 Å². The van der Waals surface area contributed by atoms with E-state index in [9.17, 15) is 14.9 Å². The number of carbonyl (C=O) groups is 1. The minimum absolute atomic E-state index is 0.0171. The summed E-state index contributed by atoms with van der Waals surface area (Å²) in [4.78, 5) is 29.6. The molecule has 0 bridgehead atoms. The predicted molar refractivity (Wildman–Crippen MR) is 104 cm³/mol. The van der Waals surface area contributed by atoms with Crippen LogP contribution in [0.1, 0.15) is 18.5 Å². The maximum atomic E-state index is 12.6. The Hall–Kier alpha value is -3.04. The van der Waals surface area contributed by atoms with Crippen molar-refractivity contribution in [3.63, 3.8) is 0 Å². The summed E-state index contributed by atoms with van der Waals surface area (Å²) in [6.07, 6.45) is 3.50. The maximum Gasteiger partial charge on any atom is 0.296 e. The summed E-state index contributed by atoms with van der Waals surface area (Å²) >= 11 is 0. The number of rotatable bonds is 7. The molecule has 1 aromatic heterocycles. The molecule has 9 nitrogen and oxygen atoms in total. The van der Waals surface area contributed by atoms with E-state index >= 15 is 0 Å². The maximum absolute atomic E-state index is 12.6. The average molecular weight is 385 g/mol. The van der Waals surface area contributed by atoms with Gasteiger partial charge in [-0.05, 0) is 30.7 Å². The van der Waals surface area contributed by atoms with Crippen molar-refractivity contribution in [3.05, 3.63) is 58.4 Å². The quantitative estimate of drug-likeness (QED) is 0.554. The molecule has 9 heteroatoms. The fourth-order valence-corrected chi connectivity index (χ4v) is 3.24. The monoisotopic (exact) mass is 385 g/mol. The summed E-state index contributed by atoms with van der Waals surface area (Å²) in [6, 6.07) is 8.29. The van der Waals surface area contributed by atoms with Crippen LogP contribution in [-0.4, -0.2) is 53.5 Å². The third-order valence-electron chi connectivity index (χ3n) is 4.52. The molecular formula is C19H23N5O4. The number of piperazine rings is 1. The molecule has 1 aliphatic heterocycles. The number of benzene rings is 1. The Kier molecular flexibility index (Phi) is 6.51. The first kappa shape index (κ1) is 19.7. The molecule has 0 spiro atoms. The van der Waals surface area contributed by atoms with Crippen LogP contribution in [0.25, 0.3) is 0 Å². The Labute approximate surface area is 162 Å². The molecule has 1 unspecified atom stereocenters. The molecule has 1 aromatic carbocycles. The number of carbonyl (C=O) groups excluding carboxylic acids is 1. The van der Waals surface area contributed by atoms with Crippen molar-refractivity contribution < 1.29 is 14.5 Å². The smallest absolute Gasteiger partial charge is 0.296 e. The van der Waals surface area contributed by atoms with Crippen LogP contribution in [-0.2, 0) is 4.79 Å². The van der Waals surface area contributed by atoms with Crippen molar-refractivity contribution in [2.75, 3.05) is 38.1 Å². The zero-order valence-electron chi connectivity index (χ0n) is 15.6. The molecule has 2 heterocycles. The largest absolute Gasteiger partial charge is 0.494 e. The van der Waals surface area contributed by atoms with Gasteiger partial charge in [0.2, 0.25) is 5.91 Å². The molecule has 2 N–H and O–H groups in total. The Bertz CT molecular complexity index is 830. The molecule has 0 saturated carbocycles. The number of hydrogen-bond acceptors (Lipinski definition) is 7. The molecular weight excluding hydrogens is 362 g/mol. The summed E-state index contributed by atoms with van der Waals surface area (Å²) < 4.78 is 5.30. The van der Waals surface area contributed by atoms with Crippen molar-refractivity contribution >= 4 is 17.3 Å². The van der Waals surface area contributed by atoms with Crippen LogP contribution >= 0.6 is 0 Å². The fourth-order valence-electron chi connectivity index (χ4n) is 3.24. The lowest BCUT2D eigenvalue weighted by atomic mass is 10.1. The van der Waals surface area contributed by atoms with E-state index in [2.05, 4.69) is 15.6 Å². The zero-order valence-corrected chi connectivity index (χ0v) is 15.6. The molecule has 0 aliphatic carbocycles.